The summed E-state index contributed by atoms with van der Waals surface area (Å²) in [6.45, 7) is 11.0. The van der Waals surface area contributed by atoms with Crippen LogP contribution >= 0.6 is 22.7 Å². The summed E-state index contributed by atoms with van der Waals surface area (Å²) in [5, 5.41) is 23.3. The van der Waals surface area contributed by atoms with Gasteiger partial charge in [-0.05, 0) is 62.2 Å². The van der Waals surface area contributed by atoms with Gasteiger partial charge in [0.25, 0.3) is 0 Å². The summed E-state index contributed by atoms with van der Waals surface area (Å²) in [4.78, 5) is 7.68. The van der Waals surface area contributed by atoms with Crippen molar-refractivity contribution in [3.63, 3.8) is 0 Å². The van der Waals surface area contributed by atoms with Crippen molar-refractivity contribution in [2.75, 3.05) is 39.3 Å². The molecule has 160 valence electrons. The normalized spacial score (nSPS) is 17.5. The highest BCUT2D eigenvalue weighted by Crippen LogP contribution is 2.40. The fourth-order valence-electron chi connectivity index (χ4n) is 4.32. The van der Waals surface area contributed by atoms with Crippen LogP contribution in [0.15, 0.2) is 29.0 Å². The lowest BCUT2D eigenvalue weighted by Gasteiger charge is -2.36. The molecule has 4 nitrogen and oxygen atoms in total. The number of rotatable bonds is 10. The molecule has 0 bridgehead atoms. The van der Waals surface area contributed by atoms with Crippen LogP contribution in [0.4, 0.5) is 0 Å². The molecule has 1 unspecified atom stereocenters. The van der Waals surface area contributed by atoms with E-state index in [1.165, 1.54) is 24.3 Å². The van der Waals surface area contributed by atoms with Crippen molar-refractivity contribution in [1.82, 2.24) is 9.80 Å². The van der Waals surface area contributed by atoms with Gasteiger partial charge in [0.1, 0.15) is 6.07 Å². The van der Waals surface area contributed by atoms with E-state index in [9.17, 15) is 5.26 Å². The molecule has 3 rings (SSSR count). The Hall–Kier alpha value is -1.70. The first-order valence-electron chi connectivity index (χ1n) is 10.9. The number of aryl methyl sites for hydroxylation is 1. The van der Waals surface area contributed by atoms with E-state index in [1.54, 1.807) is 11.3 Å². The number of hydrogen-bond acceptors (Lipinski definition) is 6. The molecule has 0 saturated carbocycles. The van der Waals surface area contributed by atoms with Crippen molar-refractivity contribution in [2.45, 2.75) is 44.9 Å². The Balaban J connectivity index is 1.43. The molecule has 30 heavy (non-hydrogen) atoms. The van der Waals surface area contributed by atoms with Crippen LogP contribution in [-0.4, -0.2) is 49.1 Å². The molecule has 0 amide bonds. The predicted octanol–water partition coefficient (Wildman–Crippen LogP) is 5.13. The van der Waals surface area contributed by atoms with E-state index in [2.05, 4.69) is 53.3 Å². The summed E-state index contributed by atoms with van der Waals surface area (Å²) in [6.07, 6.45) is 4.31. The van der Waals surface area contributed by atoms with Gasteiger partial charge in [-0.2, -0.15) is 10.5 Å². The molecule has 1 saturated heterocycles. The summed E-state index contributed by atoms with van der Waals surface area (Å²) in [5.41, 5.74) is 0.189. The number of nitriles is 2. The molecule has 1 fully saturated rings. The number of hydrogen-bond donors (Lipinski definition) is 0. The predicted molar refractivity (Wildman–Crippen MR) is 126 cm³/mol. The molecule has 0 aromatic carbocycles. The molecule has 3 heterocycles. The Labute approximate surface area is 189 Å². The molecule has 1 aliphatic heterocycles. The molecule has 0 spiro atoms. The highest BCUT2D eigenvalue weighted by molar-refractivity contribution is 7.10. The maximum atomic E-state index is 10.1. The SMILES string of the molecule is CC(C)C(C#N)(CCCN1CCN(CCCc2cccs2)CC1)c1cc(C#N)cs1. The lowest BCUT2D eigenvalue weighted by molar-refractivity contribution is 0.127. The largest absolute Gasteiger partial charge is 0.301 e. The lowest BCUT2D eigenvalue weighted by Crippen LogP contribution is -2.47. The zero-order valence-corrected chi connectivity index (χ0v) is 19.8. The number of piperazine rings is 1. The molecule has 1 atom stereocenters. The highest BCUT2D eigenvalue weighted by Gasteiger charge is 2.37. The second kappa shape index (κ2) is 11.1. The van der Waals surface area contributed by atoms with Gasteiger partial charge in [-0.25, -0.2) is 0 Å². The minimum absolute atomic E-state index is 0.230. The van der Waals surface area contributed by atoms with Crippen LogP contribution in [0.25, 0.3) is 0 Å². The first-order valence-corrected chi connectivity index (χ1v) is 12.7. The Morgan fingerprint density at radius 3 is 2.30 bits per heavy atom. The minimum atomic E-state index is -0.483. The van der Waals surface area contributed by atoms with Crippen molar-refractivity contribution in [1.29, 1.82) is 10.5 Å². The van der Waals surface area contributed by atoms with Crippen molar-refractivity contribution in [3.8, 4) is 12.1 Å². The summed E-state index contributed by atoms with van der Waals surface area (Å²) < 4.78 is 0. The quantitative estimate of drug-likeness (QED) is 0.514. The maximum Gasteiger partial charge on any atom is 0.100 e. The maximum absolute atomic E-state index is 10.1. The Morgan fingerprint density at radius 1 is 1.07 bits per heavy atom. The summed E-state index contributed by atoms with van der Waals surface area (Å²) in [6, 6.07) is 11.1. The minimum Gasteiger partial charge on any atom is -0.301 e. The molecular formula is C24H32N4S2. The Kier molecular flexibility index (Phi) is 8.48. The molecule has 6 heteroatoms. The van der Waals surface area contributed by atoms with Crippen molar-refractivity contribution in [3.05, 3.63) is 44.3 Å². The summed E-state index contributed by atoms with van der Waals surface area (Å²) in [5.74, 6) is 0.230. The Bertz CT molecular complexity index is 851. The number of thiophene rings is 2. The molecule has 2 aromatic heterocycles. The average molecular weight is 441 g/mol. The summed E-state index contributed by atoms with van der Waals surface area (Å²) >= 11 is 3.42. The van der Waals surface area contributed by atoms with E-state index >= 15 is 0 Å². The third-order valence-electron chi connectivity index (χ3n) is 6.34. The molecular weight excluding hydrogens is 408 g/mol. The molecule has 1 aliphatic rings. The van der Waals surface area contributed by atoms with Crippen LogP contribution in [0.3, 0.4) is 0 Å². The fraction of sp³-hybridized carbons (Fsp3) is 0.583. The van der Waals surface area contributed by atoms with Crippen LogP contribution in [0.5, 0.6) is 0 Å². The summed E-state index contributed by atoms with van der Waals surface area (Å²) in [7, 11) is 0. The van der Waals surface area contributed by atoms with Gasteiger partial charge in [-0.1, -0.05) is 19.9 Å². The average Bonchev–Trinajstić information content (AvgIpc) is 3.44. The van der Waals surface area contributed by atoms with Crippen molar-refractivity contribution >= 4 is 22.7 Å². The monoisotopic (exact) mass is 440 g/mol. The van der Waals surface area contributed by atoms with Gasteiger partial charge >= 0.3 is 0 Å². The highest BCUT2D eigenvalue weighted by atomic mass is 32.1. The van der Waals surface area contributed by atoms with Gasteiger partial charge in [-0.3, -0.25) is 0 Å². The standard InChI is InChI=1S/C24H32N4S2/c1-20(2)24(19-26,23-16-21(17-25)18-30-23)8-5-10-28-13-11-27(12-14-28)9-3-6-22-7-4-15-29-22/h4,7,15-16,18,20H,3,5-6,8-14H2,1-2H3. The van der Waals surface area contributed by atoms with Gasteiger partial charge < -0.3 is 9.80 Å². The van der Waals surface area contributed by atoms with Crippen LogP contribution in [0, 0.1) is 28.6 Å². The van der Waals surface area contributed by atoms with E-state index in [0.717, 1.165) is 50.4 Å². The third-order valence-corrected chi connectivity index (χ3v) is 8.39. The van der Waals surface area contributed by atoms with Crippen molar-refractivity contribution < 1.29 is 0 Å². The number of nitrogens with zero attached hydrogens (tertiary/aromatic N) is 4. The molecule has 0 radical (unpaired) electrons. The molecule has 2 aromatic rings. The van der Waals surface area contributed by atoms with E-state index in [-0.39, 0.29) is 5.92 Å². The van der Waals surface area contributed by atoms with E-state index < -0.39 is 5.41 Å². The molecule has 0 N–H and O–H groups in total. The van der Waals surface area contributed by atoms with Crippen LogP contribution in [-0.2, 0) is 11.8 Å². The smallest absolute Gasteiger partial charge is 0.100 e. The van der Waals surface area contributed by atoms with Gasteiger partial charge in [-0.15, -0.1) is 22.7 Å². The van der Waals surface area contributed by atoms with Gasteiger partial charge in [0.2, 0.25) is 0 Å². The van der Waals surface area contributed by atoms with Crippen LogP contribution < -0.4 is 0 Å². The van der Waals surface area contributed by atoms with Gasteiger partial charge in [0.05, 0.1) is 17.0 Å². The van der Waals surface area contributed by atoms with Crippen LogP contribution in [0.1, 0.15) is 48.4 Å². The second-order valence-corrected chi connectivity index (χ2v) is 10.5. The Morgan fingerprint density at radius 2 is 1.77 bits per heavy atom. The van der Waals surface area contributed by atoms with Gasteiger partial charge in [0.15, 0.2) is 0 Å². The van der Waals surface area contributed by atoms with E-state index in [1.807, 2.05) is 22.8 Å². The second-order valence-electron chi connectivity index (χ2n) is 8.52. The lowest BCUT2D eigenvalue weighted by atomic mass is 9.73. The fourth-order valence-corrected chi connectivity index (χ4v) is 6.23. The first-order chi connectivity index (χ1) is 14.6. The van der Waals surface area contributed by atoms with E-state index in [0.29, 0.717) is 5.56 Å². The topological polar surface area (TPSA) is 54.1 Å². The van der Waals surface area contributed by atoms with Crippen LogP contribution in [0.2, 0.25) is 0 Å². The van der Waals surface area contributed by atoms with Crippen molar-refractivity contribution in [2.24, 2.45) is 5.92 Å². The zero-order valence-electron chi connectivity index (χ0n) is 18.1. The first kappa shape index (κ1) is 23.0. The van der Waals surface area contributed by atoms with E-state index in [4.69, 9.17) is 5.26 Å². The zero-order chi connectivity index (χ0) is 21.4. The third kappa shape index (κ3) is 5.71. The molecule has 0 aliphatic carbocycles. The van der Waals surface area contributed by atoms with Gasteiger partial charge in [0, 0.05) is 41.3 Å².